The van der Waals surface area contributed by atoms with Gasteiger partial charge in [-0.15, -0.1) is 0 Å². The third-order valence-electron chi connectivity index (χ3n) is 3.16. The number of likely N-dealkylation sites (N-methyl/N-ethyl adjacent to an activating group) is 2. The molecule has 0 aliphatic carbocycles. The zero-order valence-electron chi connectivity index (χ0n) is 13.8. The van der Waals surface area contributed by atoms with Gasteiger partial charge in [-0.1, -0.05) is 6.42 Å². The molecule has 21 heavy (non-hydrogen) atoms. The summed E-state index contributed by atoms with van der Waals surface area (Å²) in [4.78, 5) is 4.40. The molecule has 0 saturated heterocycles. The molecule has 0 aliphatic rings. The number of hydrogen-bond acceptors (Lipinski definition) is 2. The fraction of sp³-hybridized carbons (Fsp3) is 0.444. The van der Waals surface area contributed by atoms with Crippen LogP contribution in [0.3, 0.4) is 0 Å². The van der Waals surface area contributed by atoms with Crippen molar-refractivity contribution in [3.8, 4) is 0 Å². The topological polar surface area (TPSA) is 6.48 Å². The number of rotatable bonds is 6. The molecule has 2 rings (SSSR count). The molecule has 2 aromatic rings. The summed E-state index contributed by atoms with van der Waals surface area (Å²) in [7, 11) is 8.40. The maximum atomic E-state index is 2.20. The molecule has 0 unspecified atom stereocenters. The number of hydrogen-bond donors (Lipinski definition) is 0. The van der Waals surface area contributed by atoms with Gasteiger partial charge in [0.25, 0.3) is 0 Å². The minimum absolute atomic E-state index is 0. The van der Waals surface area contributed by atoms with Crippen molar-refractivity contribution in [2.45, 2.75) is 12.8 Å². The van der Waals surface area contributed by atoms with Crippen LogP contribution in [-0.2, 0) is 31.4 Å². The van der Waals surface area contributed by atoms with E-state index in [1.807, 2.05) is 0 Å². The van der Waals surface area contributed by atoms with Crippen molar-refractivity contribution in [3.05, 3.63) is 59.7 Å². The maximum absolute atomic E-state index is 2.20. The monoisotopic (exact) mass is 323 g/mol. The first-order chi connectivity index (χ1) is 9.58. The first-order valence-corrected chi connectivity index (χ1v) is 7.28. The van der Waals surface area contributed by atoms with Gasteiger partial charge < -0.3 is 39.6 Å². The van der Waals surface area contributed by atoms with Crippen LogP contribution in [0.15, 0.2) is 48.5 Å². The maximum Gasteiger partial charge on any atom is 0 e. The molecule has 121 valence electrons. The normalized spacial score (nSPS) is 10.2. The molecule has 0 N–H and O–H groups in total. The van der Waals surface area contributed by atoms with Gasteiger partial charge in [-0.2, -0.15) is 17.7 Å². The standard InChI is InChI=1S/2C9H14N.V/c2*1-10(2)8-7-9-5-3-4-6-9;/h2*3-6H,7-8H2,1-2H3;/q-5;-1;. The molecule has 0 saturated carbocycles. The third kappa shape index (κ3) is 10.6. The van der Waals surface area contributed by atoms with E-state index in [0.717, 1.165) is 13.1 Å². The molecule has 2 nitrogen and oxygen atoms in total. The zero-order chi connectivity index (χ0) is 14.8. The molecule has 1 radical (unpaired) electrons. The van der Waals surface area contributed by atoms with Crippen LogP contribution < -0.4 is 0 Å². The van der Waals surface area contributed by atoms with E-state index in [0.29, 0.717) is 0 Å². The molecule has 0 amide bonds. The van der Waals surface area contributed by atoms with Crippen LogP contribution in [0.1, 0.15) is 11.1 Å². The summed E-state index contributed by atoms with van der Waals surface area (Å²) >= 11 is 0. The van der Waals surface area contributed by atoms with Gasteiger partial charge in [0.2, 0.25) is 0 Å². The quantitative estimate of drug-likeness (QED) is 0.754. The molecule has 0 bridgehead atoms. The van der Waals surface area contributed by atoms with Crippen molar-refractivity contribution in [2.24, 2.45) is 0 Å². The van der Waals surface area contributed by atoms with Gasteiger partial charge in [-0.3, -0.25) is 0 Å². The van der Waals surface area contributed by atoms with Crippen LogP contribution in [0.2, 0.25) is 0 Å². The van der Waals surface area contributed by atoms with E-state index in [-0.39, 0.29) is 18.6 Å². The Morgan fingerprint density at radius 3 is 1.76 bits per heavy atom. The van der Waals surface area contributed by atoms with E-state index < -0.39 is 0 Å². The molecule has 0 spiro atoms. The van der Waals surface area contributed by atoms with Crippen LogP contribution >= 0.6 is 0 Å². The molecule has 0 heterocycles. The minimum Gasteiger partial charge on any atom is -0.748 e. The molecular weight excluding hydrogens is 295 g/mol. The van der Waals surface area contributed by atoms with Crippen molar-refractivity contribution in [3.63, 3.8) is 0 Å². The molecular formula is C18H28N2V-6. The van der Waals surface area contributed by atoms with Crippen LogP contribution in [0.25, 0.3) is 0 Å². The zero-order valence-corrected chi connectivity index (χ0v) is 15.2. The van der Waals surface area contributed by atoms with Crippen molar-refractivity contribution >= 4 is 0 Å². The molecule has 2 aromatic carbocycles. The summed E-state index contributed by atoms with van der Waals surface area (Å²) < 4.78 is 0. The van der Waals surface area contributed by atoms with Crippen LogP contribution in [0.5, 0.6) is 0 Å². The predicted octanol–water partition coefficient (Wildman–Crippen LogP) is 3.02. The van der Waals surface area contributed by atoms with Crippen molar-refractivity contribution in [1.82, 2.24) is 9.80 Å². The second-order valence-electron chi connectivity index (χ2n) is 5.69. The first-order valence-electron chi connectivity index (χ1n) is 7.28. The summed E-state index contributed by atoms with van der Waals surface area (Å²) in [6.07, 6.45) is 2.33. The Balaban J connectivity index is 0.000000364. The number of nitrogens with zero attached hydrogens (tertiary/aromatic N) is 2. The predicted molar refractivity (Wildman–Crippen MR) is 88.6 cm³/mol. The smallest absolute Gasteiger partial charge is 0 e. The fourth-order valence-corrected chi connectivity index (χ4v) is 1.87. The van der Waals surface area contributed by atoms with E-state index in [1.54, 1.807) is 0 Å². The van der Waals surface area contributed by atoms with Crippen LogP contribution in [-0.4, -0.2) is 51.1 Å². The summed E-state index contributed by atoms with van der Waals surface area (Å²) in [5.74, 6) is 0. The van der Waals surface area contributed by atoms with Crippen LogP contribution in [0.4, 0.5) is 0 Å². The Kier molecular flexibility index (Phi) is 11.4. The summed E-state index contributed by atoms with van der Waals surface area (Å²) in [5, 5.41) is 0. The van der Waals surface area contributed by atoms with Gasteiger partial charge in [0.05, 0.1) is 0 Å². The van der Waals surface area contributed by atoms with E-state index in [1.165, 1.54) is 24.0 Å². The second-order valence-corrected chi connectivity index (χ2v) is 5.69. The Morgan fingerprint density at radius 2 is 1.29 bits per heavy atom. The largest absolute Gasteiger partial charge is 0.748 e. The minimum atomic E-state index is 0. The average Bonchev–Trinajstić information content (AvgIpc) is 3.08. The molecule has 3 heteroatoms. The molecule has 0 aliphatic heterocycles. The summed E-state index contributed by atoms with van der Waals surface area (Å²) in [5.41, 5.74) is 2.88. The summed E-state index contributed by atoms with van der Waals surface area (Å²) in [6.45, 7) is 2.29. The van der Waals surface area contributed by atoms with E-state index in [9.17, 15) is 0 Å². The Hall–Kier alpha value is -0.796. The van der Waals surface area contributed by atoms with Gasteiger partial charge in [0, 0.05) is 18.6 Å². The van der Waals surface area contributed by atoms with Crippen molar-refractivity contribution < 1.29 is 18.6 Å². The Labute approximate surface area is 142 Å². The second kappa shape index (κ2) is 11.8. The van der Waals surface area contributed by atoms with Gasteiger partial charge in [-0.05, 0) is 41.3 Å². The SMILES string of the molecule is CN(C)CC[c-]1[cH-][cH-][cH-][cH-]1.CN(C)CC[c-]1cccc1.[V]. The van der Waals surface area contributed by atoms with E-state index in [2.05, 4.69) is 86.5 Å². The van der Waals surface area contributed by atoms with Gasteiger partial charge in [0.15, 0.2) is 0 Å². The van der Waals surface area contributed by atoms with Gasteiger partial charge in [0.1, 0.15) is 0 Å². The van der Waals surface area contributed by atoms with Gasteiger partial charge in [-0.25, -0.2) is 18.6 Å². The van der Waals surface area contributed by atoms with Gasteiger partial charge >= 0.3 is 0 Å². The van der Waals surface area contributed by atoms with E-state index in [4.69, 9.17) is 0 Å². The molecule has 0 aromatic heterocycles. The summed E-state index contributed by atoms with van der Waals surface area (Å²) in [6, 6.07) is 17.0. The van der Waals surface area contributed by atoms with Crippen LogP contribution in [0, 0.1) is 0 Å². The Morgan fingerprint density at radius 1 is 0.810 bits per heavy atom. The molecule has 0 atom stereocenters. The molecule has 0 fully saturated rings. The first kappa shape index (κ1) is 20.2. The third-order valence-corrected chi connectivity index (χ3v) is 3.16. The fourth-order valence-electron chi connectivity index (χ4n) is 1.87. The van der Waals surface area contributed by atoms with Crippen molar-refractivity contribution in [1.29, 1.82) is 0 Å². The van der Waals surface area contributed by atoms with Crippen molar-refractivity contribution in [2.75, 3.05) is 41.3 Å². The Bertz CT molecular complexity index is 374. The van der Waals surface area contributed by atoms with E-state index >= 15 is 0 Å². The average molecular weight is 323 g/mol.